The summed E-state index contributed by atoms with van der Waals surface area (Å²) in [4.78, 5) is 0. The molecule has 0 aliphatic carbocycles. The van der Waals surface area contributed by atoms with Gasteiger partial charge in [0.1, 0.15) is 0 Å². The van der Waals surface area contributed by atoms with Crippen LogP contribution in [-0.4, -0.2) is 0 Å². The fourth-order valence-electron chi connectivity index (χ4n) is 0.981. The summed E-state index contributed by atoms with van der Waals surface area (Å²) in [6.45, 7) is 0. The second kappa shape index (κ2) is 5.63. The van der Waals surface area contributed by atoms with E-state index in [4.69, 9.17) is 0 Å². The largest absolute Gasteiger partial charge is 0.284 e. The Morgan fingerprint density at radius 3 is 1.12 bits per heavy atom. The van der Waals surface area contributed by atoms with E-state index in [0.717, 1.165) is 0 Å². The highest BCUT2D eigenvalue weighted by molar-refractivity contribution is 9.15. The molecule has 0 saturated carbocycles. The molecule has 0 N–H and O–H groups in total. The SMILES string of the molecule is FC(F)=C(Br)c1ccc(C(Br)=C(F)F)cc1. The zero-order valence-corrected chi connectivity index (χ0v) is 10.7. The smallest absolute Gasteiger partial charge is 0.172 e. The second-order valence-corrected chi connectivity index (χ2v) is 4.31. The van der Waals surface area contributed by atoms with E-state index in [2.05, 4.69) is 31.9 Å². The second-order valence-electron chi connectivity index (χ2n) is 2.73. The van der Waals surface area contributed by atoms with Crippen molar-refractivity contribution >= 4 is 40.8 Å². The van der Waals surface area contributed by atoms with Crippen LogP contribution in [0.5, 0.6) is 0 Å². The summed E-state index contributed by atoms with van der Waals surface area (Å²) in [7, 11) is 0. The minimum absolute atomic E-state index is 0.225. The molecule has 0 bridgehead atoms. The van der Waals surface area contributed by atoms with Crippen LogP contribution in [0, 0.1) is 0 Å². The Morgan fingerprint density at radius 2 is 0.938 bits per heavy atom. The number of hydrogen-bond donors (Lipinski definition) is 0. The van der Waals surface area contributed by atoms with E-state index in [-0.39, 0.29) is 20.1 Å². The minimum Gasteiger partial charge on any atom is -0.172 e. The highest BCUT2D eigenvalue weighted by atomic mass is 79.9. The van der Waals surface area contributed by atoms with E-state index in [9.17, 15) is 17.6 Å². The molecule has 0 heterocycles. The van der Waals surface area contributed by atoms with Crippen molar-refractivity contribution in [3.05, 3.63) is 47.6 Å². The van der Waals surface area contributed by atoms with Crippen molar-refractivity contribution in [3.8, 4) is 0 Å². The van der Waals surface area contributed by atoms with Gasteiger partial charge in [-0.15, -0.1) is 0 Å². The Labute approximate surface area is 106 Å². The lowest BCUT2D eigenvalue weighted by Gasteiger charge is -2.01. The van der Waals surface area contributed by atoms with Gasteiger partial charge in [-0.25, -0.2) is 0 Å². The maximum Gasteiger partial charge on any atom is 0.284 e. The van der Waals surface area contributed by atoms with E-state index in [1.54, 1.807) is 0 Å². The van der Waals surface area contributed by atoms with Gasteiger partial charge in [-0.05, 0) is 43.0 Å². The molecule has 0 radical (unpaired) electrons. The van der Waals surface area contributed by atoms with Crippen molar-refractivity contribution in [3.63, 3.8) is 0 Å². The van der Waals surface area contributed by atoms with Gasteiger partial charge in [-0.3, -0.25) is 0 Å². The van der Waals surface area contributed by atoms with Gasteiger partial charge in [0, 0.05) is 0 Å². The average molecular weight is 360 g/mol. The predicted octanol–water partition coefficient (Wildman–Crippen LogP) is 5.61. The van der Waals surface area contributed by atoms with Crippen molar-refractivity contribution in [2.45, 2.75) is 0 Å². The third-order valence-corrected chi connectivity index (χ3v) is 3.24. The summed E-state index contributed by atoms with van der Waals surface area (Å²) in [5, 5.41) is 0. The van der Waals surface area contributed by atoms with Crippen LogP contribution < -0.4 is 0 Å². The van der Waals surface area contributed by atoms with Crippen LogP contribution in [0.4, 0.5) is 17.6 Å². The molecule has 0 aliphatic rings. The molecule has 0 aromatic heterocycles. The van der Waals surface area contributed by atoms with E-state index < -0.39 is 12.2 Å². The zero-order chi connectivity index (χ0) is 12.3. The number of halogens is 6. The number of rotatable bonds is 2. The molecule has 1 aromatic rings. The molecule has 0 fully saturated rings. The van der Waals surface area contributed by atoms with E-state index in [1.165, 1.54) is 24.3 Å². The molecule has 16 heavy (non-hydrogen) atoms. The van der Waals surface area contributed by atoms with Crippen LogP contribution in [0.2, 0.25) is 0 Å². The summed E-state index contributed by atoms with van der Waals surface area (Å²) >= 11 is 5.40. The first kappa shape index (κ1) is 13.4. The van der Waals surface area contributed by atoms with Gasteiger partial charge in [0.25, 0.3) is 12.2 Å². The standard InChI is InChI=1S/C10H4Br2F4/c11-7(9(13)14)5-1-2-6(4-3-5)8(12)10(15)16/h1-4H. The maximum absolute atomic E-state index is 12.2. The summed E-state index contributed by atoms with van der Waals surface area (Å²) in [5.74, 6) is 0. The topological polar surface area (TPSA) is 0 Å². The third-order valence-electron chi connectivity index (χ3n) is 1.72. The lowest BCUT2D eigenvalue weighted by molar-refractivity contribution is 0.427. The fourth-order valence-corrected chi connectivity index (χ4v) is 1.51. The summed E-state index contributed by atoms with van der Waals surface area (Å²) < 4.78 is 48.1. The molecule has 0 nitrogen and oxygen atoms in total. The molecule has 6 heteroatoms. The number of benzene rings is 1. The average Bonchev–Trinajstić information content (AvgIpc) is 2.27. The lowest BCUT2D eigenvalue weighted by atomic mass is 10.1. The minimum atomic E-state index is -1.86. The summed E-state index contributed by atoms with van der Waals surface area (Å²) in [6.07, 6.45) is -3.72. The quantitative estimate of drug-likeness (QED) is 0.602. The first-order valence-corrected chi connectivity index (χ1v) is 5.54. The molecule has 0 unspecified atom stereocenters. The van der Waals surface area contributed by atoms with E-state index in [0.29, 0.717) is 0 Å². The molecule has 0 saturated heterocycles. The summed E-state index contributed by atoms with van der Waals surface area (Å²) in [6, 6.07) is 5.29. The van der Waals surface area contributed by atoms with Crippen LogP contribution in [0.15, 0.2) is 36.4 Å². The van der Waals surface area contributed by atoms with Crippen molar-refractivity contribution < 1.29 is 17.6 Å². The molecule has 0 atom stereocenters. The van der Waals surface area contributed by atoms with Crippen molar-refractivity contribution in [2.24, 2.45) is 0 Å². The molecular weight excluding hydrogens is 356 g/mol. The van der Waals surface area contributed by atoms with Gasteiger partial charge in [0.15, 0.2) is 0 Å². The zero-order valence-electron chi connectivity index (χ0n) is 7.58. The van der Waals surface area contributed by atoms with Gasteiger partial charge in [0.05, 0.1) is 8.96 Å². The normalized spacial score (nSPS) is 9.88. The Bertz CT molecular complexity index is 397. The lowest BCUT2D eigenvalue weighted by Crippen LogP contribution is -1.82. The van der Waals surface area contributed by atoms with Gasteiger partial charge in [-0.1, -0.05) is 24.3 Å². The Morgan fingerprint density at radius 1 is 0.688 bits per heavy atom. The first-order valence-electron chi connectivity index (χ1n) is 3.96. The van der Waals surface area contributed by atoms with Gasteiger partial charge in [0.2, 0.25) is 0 Å². The van der Waals surface area contributed by atoms with Crippen molar-refractivity contribution in [2.75, 3.05) is 0 Å². The van der Waals surface area contributed by atoms with Crippen LogP contribution in [0.3, 0.4) is 0 Å². The van der Waals surface area contributed by atoms with Crippen molar-refractivity contribution in [1.29, 1.82) is 0 Å². The Hall–Kier alpha value is -0.620. The fraction of sp³-hybridized carbons (Fsp3) is 0. The molecule has 0 aliphatic heterocycles. The monoisotopic (exact) mass is 358 g/mol. The van der Waals surface area contributed by atoms with E-state index >= 15 is 0 Å². The van der Waals surface area contributed by atoms with Crippen molar-refractivity contribution in [1.82, 2.24) is 0 Å². The molecule has 0 spiro atoms. The predicted molar refractivity (Wildman–Crippen MR) is 62.6 cm³/mol. The van der Waals surface area contributed by atoms with Crippen LogP contribution in [-0.2, 0) is 0 Å². The van der Waals surface area contributed by atoms with Crippen LogP contribution >= 0.6 is 31.9 Å². The Balaban J connectivity index is 3.11. The third kappa shape index (κ3) is 3.18. The molecule has 86 valence electrons. The molecule has 1 aromatic carbocycles. The maximum atomic E-state index is 12.2. The van der Waals surface area contributed by atoms with Gasteiger partial charge >= 0.3 is 0 Å². The van der Waals surface area contributed by atoms with Gasteiger partial charge in [-0.2, -0.15) is 17.6 Å². The molecule has 0 amide bonds. The van der Waals surface area contributed by atoms with Crippen LogP contribution in [0.25, 0.3) is 8.96 Å². The highest BCUT2D eigenvalue weighted by Gasteiger charge is 2.08. The molecular formula is C10H4Br2F4. The highest BCUT2D eigenvalue weighted by Crippen LogP contribution is 2.30. The molecule has 1 rings (SSSR count). The van der Waals surface area contributed by atoms with Gasteiger partial charge < -0.3 is 0 Å². The summed E-state index contributed by atoms with van der Waals surface area (Å²) in [5.41, 5.74) is 0.451. The van der Waals surface area contributed by atoms with E-state index in [1.807, 2.05) is 0 Å². The number of hydrogen-bond acceptors (Lipinski definition) is 0. The first-order chi connectivity index (χ1) is 7.43. The van der Waals surface area contributed by atoms with Crippen LogP contribution in [0.1, 0.15) is 11.1 Å². The Kier molecular flexibility index (Phi) is 4.73.